The SMILES string of the molecule is CCNCC#Cc1cccc(Cl)c1. The van der Waals surface area contributed by atoms with Gasteiger partial charge in [0, 0.05) is 10.6 Å². The van der Waals surface area contributed by atoms with Crippen molar-refractivity contribution in [1.29, 1.82) is 0 Å². The average molecular weight is 194 g/mol. The quantitative estimate of drug-likeness (QED) is 0.562. The smallest absolute Gasteiger partial charge is 0.0580 e. The highest BCUT2D eigenvalue weighted by molar-refractivity contribution is 6.30. The Labute approximate surface area is 84.1 Å². The first-order valence-electron chi connectivity index (χ1n) is 4.28. The molecule has 68 valence electrons. The van der Waals surface area contributed by atoms with E-state index >= 15 is 0 Å². The molecule has 0 aromatic heterocycles. The van der Waals surface area contributed by atoms with E-state index in [2.05, 4.69) is 24.1 Å². The average Bonchev–Trinajstić information content (AvgIpc) is 2.13. The third-order valence-electron chi connectivity index (χ3n) is 1.52. The molecule has 0 saturated carbocycles. The van der Waals surface area contributed by atoms with Crippen molar-refractivity contribution in [2.45, 2.75) is 6.92 Å². The zero-order valence-electron chi connectivity index (χ0n) is 7.60. The fourth-order valence-corrected chi connectivity index (χ4v) is 1.09. The highest BCUT2D eigenvalue weighted by Crippen LogP contribution is 2.08. The van der Waals surface area contributed by atoms with E-state index in [9.17, 15) is 0 Å². The van der Waals surface area contributed by atoms with E-state index < -0.39 is 0 Å². The molecule has 0 aliphatic rings. The first-order chi connectivity index (χ1) is 6.33. The molecular formula is C11H12ClN. The van der Waals surface area contributed by atoms with Gasteiger partial charge in [-0.25, -0.2) is 0 Å². The molecule has 1 aromatic carbocycles. The van der Waals surface area contributed by atoms with Crippen molar-refractivity contribution >= 4 is 11.6 Å². The van der Waals surface area contributed by atoms with E-state index in [1.165, 1.54) is 0 Å². The summed E-state index contributed by atoms with van der Waals surface area (Å²) < 4.78 is 0. The van der Waals surface area contributed by atoms with Gasteiger partial charge in [-0.2, -0.15) is 0 Å². The zero-order valence-corrected chi connectivity index (χ0v) is 8.36. The number of rotatable bonds is 2. The highest BCUT2D eigenvalue weighted by atomic mass is 35.5. The minimum absolute atomic E-state index is 0.725. The molecule has 0 bridgehead atoms. The van der Waals surface area contributed by atoms with Gasteiger partial charge in [0.1, 0.15) is 0 Å². The van der Waals surface area contributed by atoms with E-state index in [-0.39, 0.29) is 0 Å². The van der Waals surface area contributed by atoms with Gasteiger partial charge in [0.25, 0.3) is 0 Å². The summed E-state index contributed by atoms with van der Waals surface area (Å²) in [4.78, 5) is 0. The van der Waals surface area contributed by atoms with Gasteiger partial charge in [0.05, 0.1) is 6.54 Å². The first kappa shape index (κ1) is 10.1. The molecule has 0 aliphatic heterocycles. The molecule has 1 nitrogen and oxygen atoms in total. The molecular weight excluding hydrogens is 182 g/mol. The summed E-state index contributed by atoms with van der Waals surface area (Å²) in [5.74, 6) is 6.03. The van der Waals surface area contributed by atoms with Crippen molar-refractivity contribution in [3.63, 3.8) is 0 Å². The van der Waals surface area contributed by atoms with Crippen molar-refractivity contribution < 1.29 is 0 Å². The molecule has 2 heteroatoms. The lowest BCUT2D eigenvalue weighted by molar-refractivity contribution is 0.811. The predicted octanol–water partition coefficient (Wildman–Crippen LogP) is 2.30. The summed E-state index contributed by atoms with van der Waals surface area (Å²) in [6.07, 6.45) is 0. The van der Waals surface area contributed by atoms with Gasteiger partial charge in [-0.1, -0.05) is 36.4 Å². The number of nitrogens with one attached hydrogen (secondary N) is 1. The van der Waals surface area contributed by atoms with Gasteiger partial charge < -0.3 is 5.32 Å². The molecule has 1 rings (SSSR count). The van der Waals surface area contributed by atoms with Crippen LogP contribution >= 0.6 is 11.6 Å². The number of benzene rings is 1. The molecule has 0 aliphatic carbocycles. The van der Waals surface area contributed by atoms with Gasteiger partial charge >= 0.3 is 0 Å². The minimum Gasteiger partial charge on any atom is -0.306 e. The van der Waals surface area contributed by atoms with Gasteiger partial charge in [-0.05, 0) is 24.7 Å². The summed E-state index contributed by atoms with van der Waals surface area (Å²) in [6, 6.07) is 7.56. The second kappa shape index (κ2) is 5.64. The lowest BCUT2D eigenvalue weighted by atomic mass is 10.2. The van der Waals surface area contributed by atoms with Crippen LogP contribution in [-0.2, 0) is 0 Å². The molecule has 0 amide bonds. The third kappa shape index (κ3) is 3.98. The van der Waals surface area contributed by atoms with Crippen LogP contribution in [0.15, 0.2) is 24.3 Å². The van der Waals surface area contributed by atoms with Gasteiger partial charge in [0.15, 0.2) is 0 Å². The van der Waals surface area contributed by atoms with Gasteiger partial charge in [-0.15, -0.1) is 0 Å². The maximum absolute atomic E-state index is 5.80. The minimum atomic E-state index is 0.725. The standard InChI is InChI=1S/C11H12ClN/c1-2-13-8-4-6-10-5-3-7-11(12)9-10/h3,5,7,9,13H,2,8H2,1H3. The molecule has 1 N–H and O–H groups in total. The molecule has 0 fully saturated rings. The van der Waals surface area contributed by atoms with Crippen LogP contribution < -0.4 is 5.32 Å². The Morgan fingerprint density at radius 2 is 2.31 bits per heavy atom. The van der Waals surface area contributed by atoms with Crippen LogP contribution in [-0.4, -0.2) is 13.1 Å². The maximum atomic E-state index is 5.80. The molecule has 0 atom stereocenters. The summed E-state index contributed by atoms with van der Waals surface area (Å²) in [6.45, 7) is 3.73. The fourth-order valence-electron chi connectivity index (χ4n) is 0.900. The number of hydrogen-bond acceptors (Lipinski definition) is 1. The molecule has 13 heavy (non-hydrogen) atoms. The van der Waals surface area contributed by atoms with Crippen molar-refractivity contribution in [2.24, 2.45) is 0 Å². The van der Waals surface area contributed by atoms with Crippen molar-refractivity contribution in [1.82, 2.24) is 5.32 Å². The highest BCUT2D eigenvalue weighted by Gasteiger charge is 1.87. The van der Waals surface area contributed by atoms with E-state index in [0.717, 1.165) is 23.7 Å². The summed E-state index contributed by atoms with van der Waals surface area (Å²) in [7, 11) is 0. The van der Waals surface area contributed by atoms with E-state index in [1.54, 1.807) is 0 Å². The first-order valence-corrected chi connectivity index (χ1v) is 4.66. The van der Waals surface area contributed by atoms with Crippen LogP contribution in [0, 0.1) is 11.8 Å². The third-order valence-corrected chi connectivity index (χ3v) is 1.76. The van der Waals surface area contributed by atoms with Crippen LogP contribution in [0.1, 0.15) is 12.5 Å². The van der Waals surface area contributed by atoms with E-state index in [0.29, 0.717) is 0 Å². The topological polar surface area (TPSA) is 12.0 Å². The second-order valence-corrected chi connectivity index (χ2v) is 3.03. The Kier molecular flexibility index (Phi) is 4.39. The number of hydrogen-bond donors (Lipinski definition) is 1. The lowest BCUT2D eigenvalue weighted by Crippen LogP contribution is -2.11. The molecule has 0 radical (unpaired) electrons. The van der Waals surface area contributed by atoms with Crippen molar-refractivity contribution in [3.8, 4) is 11.8 Å². The monoisotopic (exact) mass is 193 g/mol. The Morgan fingerprint density at radius 3 is 3.00 bits per heavy atom. The predicted molar refractivity (Wildman–Crippen MR) is 56.9 cm³/mol. The summed E-state index contributed by atoms with van der Waals surface area (Å²) in [5.41, 5.74) is 0.963. The van der Waals surface area contributed by atoms with Crippen LogP contribution in [0.3, 0.4) is 0 Å². The van der Waals surface area contributed by atoms with Crippen LogP contribution in [0.4, 0.5) is 0 Å². The Balaban J connectivity index is 2.56. The van der Waals surface area contributed by atoms with E-state index in [1.807, 2.05) is 24.3 Å². The molecule has 0 spiro atoms. The molecule has 1 aromatic rings. The molecule has 0 unspecified atom stereocenters. The Morgan fingerprint density at radius 1 is 1.46 bits per heavy atom. The summed E-state index contributed by atoms with van der Waals surface area (Å²) in [5, 5.41) is 3.86. The Hall–Kier alpha value is -0.970. The molecule has 0 heterocycles. The fraction of sp³-hybridized carbons (Fsp3) is 0.273. The number of halogens is 1. The van der Waals surface area contributed by atoms with E-state index in [4.69, 9.17) is 11.6 Å². The van der Waals surface area contributed by atoms with Crippen molar-refractivity contribution in [3.05, 3.63) is 34.9 Å². The maximum Gasteiger partial charge on any atom is 0.0580 e. The van der Waals surface area contributed by atoms with Gasteiger partial charge in [0.2, 0.25) is 0 Å². The lowest BCUT2D eigenvalue weighted by Gasteiger charge is -1.91. The van der Waals surface area contributed by atoms with Crippen LogP contribution in [0.2, 0.25) is 5.02 Å². The summed E-state index contributed by atoms with van der Waals surface area (Å²) >= 11 is 5.80. The Bertz CT molecular complexity index is 322. The largest absolute Gasteiger partial charge is 0.306 e. The molecule has 0 saturated heterocycles. The normalized spacial score (nSPS) is 9.08. The zero-order chi connectivity index (χ0) is 9.52. The second-order valence-electron chi connectivity index (χ2n) is 2.59. The van der Waals surface area contributed by atoms with Gasteiger partial charge in [-0.3, -0.25) is 0 Å². The van der Waals surface area contributed by atoms with Crippen LogP contribution in [0.25, 0.3) is 0 Å². The van der Waals surface area contributed by atoms with Crippen LogP contribution in [0.5, 0.6) is 0 Å². The van der Waals surface area contributed by atoms with Crippen molar-refractivity contribution in [2.75, 3.05) is 13.1 Å².